The van der Waals surface area contributed by atoms with Crippen molar-refractivity contribution in [3.8, 4) is 0 Å². The second-order valence-electron chi connectivity index (χ2n) is 3.10. The van der Waals surface area contributed by atoms with Crippen LogP contribution in [0, 0.1) is 6.92 Å². The topological polar surface area (TPSA) is 52.0 Å². The number of benzene rings is 1. The molecule has 2 nitrogen and oxygen atoms in total. The molecule has 64 valence electrons. The van der Waals surface area contributed by atoms with Gasteiger partial charge in [0.15, 0.2) is 0 Å². The number of nitrogens with two attached hydrogens (primary N) is 2. The van der Waals surface area contributed by atoms with Crippen LogP contribution in [-0.2, 0) is 0 Å². The fraction of sp³-hybridized carbons (Fsp3) is 0.200. The second kappa shape index (κ2) is 2.89. The Hall–Kier alpha value is -1.44. The van der Waals surface area contributed by atoms with E-state index in [2.05, 4.69) is 6.58 Å². The molecule has 0 amide bonds. The van der Waals surface area contributed by atoms with Crippen LogP contribution < -0.4 is 11.5 Å². The van der Waals surface area contributed by atoms with Gasteiger partial charge in [-0.25, -0.2) is 0 Å². The van der Waals surface area contributed by atoms with Gasteiger partial charge < -0.3 is 11.5 Å². The summed E-state index contributed by atoms with van der Waals surface area (Å²) in [6.45, 7) is 7.68. The molecule has 0 aliphatic rings. The zero-order valence-corrected chi connectivity index (χ0v) is 7.52. The van der Waals surface area contributed by atoms with Gasteiger partial charge in [0.05, 0.1) is 0 Å². The highest BCUT2D eigenvalue weighted by Crippen LogP contribution is 2.27. The molecule has 12 heavy (non-hydrogen) atoms. The molecule has 1 rings (SSSR count). The van der Waals surface area contributed by atoms with Gasteiger partial charge in [-0.1, -0.05) is 6.58 Å². The number of hydrogen-bond acceptors (Lipinski definition) is 2. The summed E-state index contributed by atoms with van der Waals surface area (Å²) in [6, 6.07) is 3.81. The second-order valence-corrected chi connectivity index (χ2v) is 3.10. The molecule has 0 aliphatic heterocycles. The molecule has 1 aromatic rings. The van der Waals surface area contributed by atoms with E-state index in [1.165, 1.54) is 0 Å². The Morgan fingerprint density at radius 3 is 2.00 bits per heavy atom. The van der Waals surface area contributed by atoms with Crippen LogP contribution in [0.25, 0.3) is 5.57 Å². The lowest BCUT2D eigenvalue weighted by Gasteiger charge is -2.09. The van der Waals surface area contributed by atoms with Crippen molar-refractivity contribution in [2.24, 2.45) is 0 Å². The molecule has 1 aromatic carbocycles. The van der Waals surface area contributed by atoms with Crippen LogP contribution in [0.15, 0.2) is 18.7 Å². The number of allylic oxidation sites excluding steroid dienone is 1. The fourth-order valence-corrected chi connectivity index (χ4v) is 1.34. The molecule has 2 heteroatoms. The largest absolute Gasteiger partial charge is 0.398 e. The molecule has 0 aromatic heterocycles. The quantitative estimate of drug-likeness (QED) is 0.622. The summed E-state index contributed by atoms with van der Waals surface area (Å²) in [5, 5.41) is 0. The van der Waals surface area contributed by atoms with Gasteiger partial charge in [0.25, 0.3) is 0 Å². The third-order valence-electron chi connectivity index (χ3n) is 1.77. The first-order valence-electron chi connectivity index (χ1n) is 3.84. The van der Waals surface area contributed by atoms with Gasteiger partial charge in [-0.05, 0) is 37.1 Å². The summed E-state index contributed by atoms with van der Waals surface area (Å²) < 4.78 is 0. The smallest absolute Gasteiger partial charge is 0.0413 e. The van der Waals surface area contributed by atoms with Crippen molar-refractivity contribution in [3.05, 3.63) is 29.8 Å². The molecular weight excluding hydrogens is 148 g/mol. The lowest BCUT2D eigenvalue weighted by molar-refractivity contribution is 1.45. The number of hydrogen-bond donors (Lipinski definition) is 2. The van der Waals surface area contributed by atoms with Gasteiger partial charge in [-0.15, -0.1) is 0 Å². The number of aryl methyl sites for hydroxylation is 1. The molecule has 0 bridgehead atoms. The minimum atomic E-state index is 0.708. The standard InChI is InChI=1S/C10H14N2/c1-6(2)10-8(11)4-7(3)5-9(10)12/h4-5H,1,11-12H2,2-3H3. The molecule has 0 radical (unpaired) electrons. The van der Waals surface area contributed by atoms with Crippen molar-refractivity contribution in [1.29, 1.82) is 0 Å². The molecule has 0 heterocycles. The highest BCUT2D eigenvalue weighted by molar-refractivity contribution is 5.82. The first-order chi connectivity index (χ1) is 5.52. The van der Waals surface area contributed by atoms with Crippen LogP contribution >= 0.6 is 0 Å². The maximum Gasteiger partial charge on any atom is 0.0413 e. The van der Waals surface area contributed by atoms with Gasteiger partial charge in [-0.3, -0.25) is 0 Å². The average molecular weight is 162 g/mol. The maximum atomic E-state index is 5.78. The van der Waals surface area contributed by atoms with Gasteiger partial charge >= 0.3 is 0 Å². The van der Waals surface area contributed by atoms with E-state index in [4.69, 9.17) is 11.5 Å². The van der Waals surface area contributed by atoms with Crippen LogP contribution in [0.4, 0.5) is 11.4 Å². The fourth-order valence-electron chi connectivity index (χ4n) is 1.34. The van der Waals surface area contributed by atoms with E-state index >= 15 is 0 Å². The van der Waals surface area contributed by atoms with Crippen LogP contribution in [0.3, 0.4) is 0 Å². The molecule has 0 saturated heterocycles. The molecular formula is C10H14N2. The predicted molar refractivity (Wildman–Crippen MR) is 54.7 cm³/mol. The lowest BCUT2D eigenvalue weighted by atomic mass is 10.0. The lowest BCUT2D eigenvalue weighted by Crippen LogP contribution is -1.98. The van der Waals surface area contributed by atoms with E-state index in [9.17, 15) is 0 Å². The summed E-state index contributed by atoms with van der Waals surface area (Å²) >= 11 is 0. The first kappa shape index (κ1) is 8.65. The summed E-state index contributed by atoms with van der Waals surface area (Å²) in [5.41, 5.74) is 15.8. The van der Waals surface area contributed by atoms with Crippen molar-refractivity contribution in [3.63, 3.8) is 0 Å². The monoisotopic (exact) mass is 162 g/mol. The van der Waals surface area contributed by atoms with Gasteiger partial charge in [-0.2, -0.15) is 0 Å². The van der Waals surface area contributed by atoms with Crippen molar-refractivity contribution in [2.75, 3.05) is 11.5 Å². The van der Waals surface area contributed by atoms with E-state index in [0.29, 0.717) is 11.4 Å². The van der Waals surface area contributed by atoms with Gasteiger partial charge in [0.1, 0.15) is 0 Å². The third kappa shape index (κ3) is 1.42. The molecule has 0 spiro atoms. The Kier molecular flexibility index (Phi) is 2.09. The third-order valence-corrected chi connectivity index (χ3v) is 1.77. The molecule has 0 fully saturated rings. The van der Waals surface area contributed by atoms with Crippen molar-refractivity contribution in [2.45, 2.75) is 13.8 Å². The summed E-state index contributed by atoms with van der Waals surface area (Å²) in [5.74, 6) is 0. The Balaban J connectivity index is 3.38. The van der Waals surface area contributed by atoms with Crippen LogP contribution in [0.1, 0.15) is 18.1 Å². The number of rotatable bonds is 1. The Labute approximate surface area is 72.9 Å². The molecule has 0 aliphatic carbocycles. The van der Waals surface area contributed by atoms with E-state index in [1.807, 2.05) is 26.0 Å². The van der Waals surface area contributed by atoms with Crippen molar-refractivity contribution in [1.82, 2.24) is 0 Å². The predicted octanol–water partition coefficient (Wildman–Crippen LogP) is 2.19. The molecule has 4 N–H and O–H groups in total. The Morgan fingerprint density at radius 1 is 1.25 bits per heavy atom. The van der Waals surface area contributed by atoms with Crippen molar-refractivity contribution >= 4 is 16.9 Å². The number of anilines is 2. The van der Waals surface area contributed by atoms with E-state index in [1.54, 1.807) is 0 Å². The molecule has 0 saturated carbocycles. The van der Waals surface area contributed by atoms with Gasteiger partial charge in [0.2, 0.25) is 0 Å². The van der Waals surface area contributed by atoms with Crippen LogP contribution in [0.5, 0.6) is 0 Å². The van der Waals surface area contributed by atoms with Crippen LogP contribution in [-0.4, -0.2) is 0 Å². The highest BCUT2D eigenvalue weighted by atomic mass is 14.6. The highest BCUT2D eigenvalue weighted by Gasteiger charge is 2.04. The van der Waals surface area contributed by atoms with Crippen LogP contribution in [0.2, 0.25) is 0 Å². The maximum absolute atomic E-state index is 5.78. The zero-order chi connectivity index (χ0) is 9.30. The number of nitrogen functional groups attached to an aromatic ring is 2. The molecule has 0 unspecified atom stereocenters. The first-order valence-corrected chi connectivity index (χ1v) is 3.84. The van der Waals surface area contributed by atoms with E-state index < -0.39 is 0 Å². The van der Waals surface area contributed by atoms with E-state index in [-0.39, 0.29) is 0 Å². The normalized spacial score (nSPS) is 9.83. The SMILES string of the molecule is C=C(C)c1c(N)cc(C)cc1N. The Bertz CT molecular complexity index is 304. The summed E-state index contributed by atoms with van der Waals surface area (Å²) in [4.78, 5) is 0. The summed E-state index contributed by atoms with van der Waals surface area (Å²) in [6.07, 6.45) is 0. The van der Waals surface area contributed by atoms with Gasteiger partial charge in [0, 0.05) is 16.9 Å². The minimum absolute atomic E-state index is 0.708. The van der Waals surface area contributed by atoms with Crippen molar-refractivity contribution < 1.29 is 0 Å². The molecule has 0 atom stereocenters. The zero-order valence-electron chi connectivity index (χ0n) is 7.52. The average Bonchev–Trinajstić information content (AvgIpc) is 1.82. The minimum Gasteiger partial charge on any atom is -0.398 e. The van der Waals surface area contributed by atoms with E-state index in [0.717, 1.165) is 16.7 Å². The summed E-state index contributed by atoms with van der Waals surface area (Å²) in [7, 11) is 0. The Morgan fingerprint density at radius 2 is 1.67 bits per heavy atom.